The minimum Gasteiger partial charge on any atom is -0.777 e. The van der Waals surface area contributed by atoms with E-state index in [0.717, 1.165) is 0 Å². The fourth-order valence-corrected chi connectivity index (χ4v) is 4.79. The quantitative estimate of drug-likeness (QED) is 0.155. The summed E-state index contributed by atoms with van der Waals surface area (Å²) in [6, 6.07) is 14.2. The fourth-order valence-electron chi connectivity index (χ4n) is 4.26. The molecule has 0 atom stereocenters. The van der Waals surface area contributed by atoms with Gasteiger partial charge in [0, 0.05) is 21.4 Å². The van der Waals surface area contributed by atoms with Gasteiger partial charge in [-0.3, -0.25) is 0 Å². The van der Waals surface area contributed by atoms with Crippen LogP contribution in [0.2, 0.25) is 10.0 Å². The van der Waals surface area contributed by atoms with Crippen LogP contribution in [-0.2, 0) is 28.3 Å². The molecule has 0 bridgehead atoms. The van der Waals surface area contributed by atoms with Crippen LogP contribution in [0.4, 0.5) is 11.4 Å². The van der Waals surface area contributed by atoms with Crippen LogP contribution in [0.25, 0.3) is 0 Å². The summed E-state index contributed by atoms with van der Waals surface area (Å²) in [5.74, 6) is 0. The molecule has 3 aromatic rings. The average Bonchev–Trinajstić information content (AvgIpc) is 3.25. The van der Waals surface area contributed by atoms with Crippen LogP contribution < -0.4 is 9.80 Å². The first-order chi connectivity index (χ1) is 17.0. The summed E-state index contributed by atoms with van der Waals surface area (Å²) in [7, 11) is 5.22. The Balaban J connectivity index is 0.000000290. The molecule has 3 aromatic carbocycles. The van der Waals surface area contributed by atoms with Crippen molar-refractivity contribution in [1.29, 1.82) is 0 Å². The van der Waals surface area contributed by atoms with Crippen molar-refractivity contribution in [1.82, 2.24) is 0 Å². The predicted molar refractivity (Wildman–Crippen MR) is 159 cm³/mol. The number of benzene rings is 3. The maximum Gasteiger partial charge on any atom is 0.0229 e. The Kier molecular flexibility index (Phi) is 12.4. The Hall–Kier alpha value is -1.42. The van der Waals surface area contributed by atoms with Gasteiger partial charge in [-0.15, -0.1) is 11.6 Å². The van der Waals surface area contributed by atoms with Gasteiger partial charge in [-0.25, -0.2) is 0 Å². The van der Waals surface area contributed by atoms with E-state index in [2.05, 4.69) is 94.7 Å². The molecule has 7 heteroatoms. The molecule has 1 heterocycles. The first-order valence-electron chi connectivity index (χ1n) is 11.4. The van der Waals surface area contributed by atoms with Crippen molar-refractivity contribution in [2.45, 2.75) is 53.4 Å². The Bertz CT molecular complexity index is 1120. The van der Waals surface area contributed by atoms with Crippen molar-refractivity contribution in [3.8, 4) is 0 Å². The number of hydrogen-bond acceptors (Lipinski definition) is 3. The first kappa shape index (κ1) is 30.8. The zero-order valence-electron chi connectivity index (χ0n) is 21.6. The predicted octanol–water partition coefficient (Wildman–Crippen LogP) is 9.40. The summed E-state index contributed by atoms with van der Waals surface area (Å²) in [5.41, 5.74) is 10.4. The van der Waals surface area contributed by atoms with Gasteiger partial charge in [0.05, 0.1) is 0 Å². The minimum absolute atomic E-state index is 0.0867. The maximum atomic E-state index is 5.63. The Labute approximate surface area is 243 Å². The van der Waals surface area contributed by atoms with E-state index in [1.165, 1.54) is 44.8 Å². The van der Waals surface area contributed by atoms with E-state index in [1.54, 1.807) is 18.2 Å². The third-order valence-corrected chi connectivity index (χ3v) is 8.01. The molecule has 4 rings (SSSR count). The largest absolute Gasteiger partial charge is 0.777 e. The van der Waals surface area contributed by atoms with Crippen molar-refractivity contribution in [3.63, 3.8) is 0 Å². The molecule has 2 nitrogen and oxygen atoms in total. The minimum atomic E-state index is 0.0867. The van der Waals surface area contributed by atoms with Gasteiger partial charge in [-0.1, -0.05) is 64.7 Å². The van der Waals surface area contributed by atoms with Crippen molar-refractivity contribution in [3.05, 3.63) is 105 Å². The number of anilines is 2. The fraction of sp³-hybridized carbons (Fsp3) is 0.241. The summed E-state index contributed by atoms with van der Waals surface area (Å²) in [6.07, 6.45) is 4.28. The van der Waals surface area contributed by atoms with Crippen LogP contribution in [0.3, 0.4) is 0 Å². The number of halogens is 3. The van der Waals surface area contributed by atoms with E-state index in [9.17, 15) is 0 Å². The van der Waals surface area contributed by atoms with E-state index < -0.39 is 0 Å². The smallest absolute Gasteiger partial charge is 0.0229 e. The zero-order chi connectivity index (χ0) is 27.0. The van der Waals surface area contributed by atoms with Crippen LogP contribution >= 0.6 is 32.9 Å². The molecular weight excluding hydrogens is 616 g/mol. The number of nitrogens with zero attached hydrogens (tertiary/aromatic N) is 2. The molecule has 0 saturated heterocycles. The molecule has 0 unspecified atom stereocenters. The number of hydrogen-bond donors (Lipinski definition) is 0. The van der Waals surface area contributed by atoms with Crippen molar-refractivity contribution < 1.29 is 15.7 Å². The molecular formula is C29H32Cl3N2RuS-2. The van der Waals surface area contributed by atoms with Crippen LogP contribution in [-0.4, -0.2) is 4.61 Å². The third-order valence-electron chi connectivity index (χ3n) is 5.42. The molecule has 195 valence electrons. The summed E-state index contributed by atoms with van der Waals surface area (Å²) in [4.78, 5) is 4.98. The molecule has 1 aliphatic rings. The van der Waals surface area contributed by atoms with Crippen molar-refractivity contribution in [2.24, 2.45) is 0 Å². The second kappa shape index (κ2) is 14.5. The maximum absolute atomic E-state index is 5.63. The molecule has 36 heavy (non-hydrogen) atoms. The van der Waals surface area contributed by atoms with Gasteiger partial charge in [0.1, 0.15) is 0 Å². The number of rotatable bonds is 2. The molecule has 0 aromatic heterocycles. The van der Waals surface area contributed by atoms with E-state index in [-0.39, 0.29) is 15.7 Å². The molecule has 0 amide bonds. The van der Waals surface area contributed by atoms with E-state index in [0.29, 0.717) is 14.9 Å². The SMILES string of the molecule is C[CH]=[Ru][Cl].Cc1cc(C)c(N2C=CN(c3c(C)cc(C)cc3C)[CH-]2)c(C)c1.[S-]c1c(Cl)cccc1Cl. The molecule has 0 N–H and O–H groups in total. The molecule has 0 aliphatic carbocycles. The van der Waals surface area contributed by atoms with Gasteiger partial charge in [0.25, 0.3) is 0 Å². The second-order valence-electron chi connectivity index (χ2n) is 8.55. The van der Waals surface area contributed by atoms with Crippen LogP contribution in [0.5, 0.6) is 0 Å². The standard InChI is InChI=1S/C21H25N2.C6H4Cl2S.C2H4.ClH.Ru/c1-14-9-16(3)20(17(4)10-14)22-7-8-23(13-22)21-18(5)11-15(2)12-19(21)6;7-4-2-1-3-5(8)6(4)9;1-2;;/h7-13H,1-6H3;1-3,9H;1H,2H3;1H;/q-1;;;;+1/p-2. The van der Waals surface area contributed by atoms with Gasteiger partial charge < -0.3 is 22.4 Å². The van der Waals surface area contributed by atoms with E-state index >= 15 is 0 Å². The number of aryl methyl sites for hydroxylation is 6. The molecule has 0 fully saturated rings. The topological polar surface area (TPSA) is 6.48 Å². The average molecular weight is 648 g/mol. The van der Waals surface area contributed by atoms with Gasteiger partial charge in [-0.2, -0.15) is 0 Å². The van der Waals surface area contributed by atoms with Gasteiger partial charge >= 0.3 is 36.9 Å². The Morgan fingerprint density at radius 3 is 1.36 bits per heavy atom. The summed E-state index contributed by atoms with van der Waals surface area (Å²) < 4.78 is 1.98. The molecule has 0 saturated carbocycles. The van der Waals surface area contributed by atoms with Gasteiger partial charge in [0.2, 0.25) is 0 Å². The van der Waals surface area contributed by atoms with Crippen molar-refractivity contribution in [2.75, 3.05) is 9.80 Å². The monoisotopic (exact) mass is 647 g/mol. The van der Waals surface area contributed by atoms with Crippen molar-refractivity contribution >= 4 is 61.5 Å². The Morgan fingerprint density at radius 1 is 0.750 bits per heavy atom. The third kappa shape index (κ3) is 8.30. The van der Waals surface area contributed by atoms with Gasteiger partial charge in [0.15, 0.2) is 0 Å². The summed E-state index contributed by atoms with van der Waals surface area (Å²) in [6.45, 7) is 17.2. The van der Waals surface area contributed by atoms with E-state index in [4.69, 9.17) is 45.5 Å². The molecule has 0 radical (unpaired) electrons. The Morgan fingerprint density at radius 2 is 1.08 bits per heavy atom. The summed E-state index contributed by atoms with van der Waals surface area (Å²) >= 11 is 16.2. The summed E-state index contributed by atoms with van der Waals surface area (Å²) in [5, 5.41) is 1.08. The second-order valence-corrected chi connectivity index (χ2v) is 12.1. The zero-order valence-corrected chi connectivity index (χ0v) is 26.5. The molecule has 1 aliphatic heterocycles. The van der Waals surface area contributed by atoms with Crippen LogP contribution in [0.15, 0.2) is 59.8 Å². The normalized spacial score (nSPS) is 12.6. The first-order valence-corrected chi connectivity index (χ1v) is 15.8. The van der Waals surface area contributed by atoms with Crippen LogP contribution in [0, 0.1) is 48.2 Å². The molecule has 0 spiro atoms. The van der Waals surface area contributed by atoms with Crippen LogP contribution in [0.1, 0.15) is 40.3 Å². The van der Waals surface area contributed by atoms with E-state index in [1.807, 2.05) is 11.5 Å². The van der Waals surface area contributed by atoms with Gasteiger partial charge in [-0.05, 0) is 88.3 Å².